The van der Waals surface area contributed by atoms with E-state index in [4.69, 9.17) is 15.2 Å². The number of rotatable bonds is 2. The molecule has 0 bridgehead atoms. The summed E-state index contributed by atoms with van der Waals surface area (Å²) in [6.07, 6.45) is 0. The molecule has 0 aliphatic carbocycles. The van der Waals surface area contributed by atoms with Crippen LogP contribution in [-0.2, 0) is 0 Å². The summed E-state index contributed by atoms with van der Waals surface area (Å²) in [7, 11) is 0. The average Bonchev–Trinajstić information content (AvgIpc) is 2.88. The van der Waals surface area contributed by atoms with Gasteiger partial charge in [-0.05, 0) is 30.3 Å². The highest BCUT2D eigenvalue weighted by Crippen LogP contribution is 2.32. The lowest BCUT2D eigenvalue weighted by molar-refractivity contribution is 0.102. The molecule has 96 valence electrons. The van der Waals surface area contributed by atoms with Crippen LogP contribution in [0.3, 0.4) is 0 Å². The number of hydrogen-bond acceptors (Lipinski definition) is 4. The number of carbonyl (C=O) groups is 1. The summed E-state index contributed by atoms with van der Waals surface area (Å²) < 4.78 is 10.4. The van der Waals surface area contributed by atoms with Crippen molar-refractivity contribution in [2.45, 2.75) is 0 Å². The first-order valence-electron chi connectivity index (χ1n) is 5.79. The van der Waals surface area contributed by atoms with Crippen LogP contribution in [0, 0.1) is 0 Å². The molecule has 0 spiro atoms. The van der Waals surface area contributed by atoms with E-state index in [2.05, 4.69) is 5.32 Å². The second-order valence-electron chi connectivity index (χ2n) is 4.11. The highest BCUT2D eigenvalue weighted by Gasteiger charge is 2.16. The van der Waals surface area contributed by atoms with Gasteiger partial charge in [-0.3, -0.25) is 4.79 Å². The molecule has 0 saturated heterocycles. The molecule has 0 unspecified atom stereocenters. The zero-order valence-electron chi connectivity index (χ0n) is 10.1. The van der Waals surface area contributed by atoms with E-state index < -0.39 is 0 Å². The number of nitrogen functional groups attached to an aromatic ring is 1. The minimum absolute atomic E-state index is 0.187. The molecule has 2 aromatic carbocycles. The van der Waals surface area contributed by atoms with Crippen molar-refractivity contribution in [2.24, 2.45) is 0 Å². The summed E-state index contributed by atoms with van der Waals surface area (Å²) in [6.45, 7) is 0.187. The maximum absolute atomic E-state index is 12.1. The second kappa shape index (κ2) is 4.53. The van der Waals surface area contributed by atoms with Gasteiger partial charge in [-0.2, -0.15) is 0 Å². The molecular weight excluding hydrogens is 244 g/mol. The molecule has 0 aromatic heterocycles. The lowest BCUT2D eigenvalue weighted by Gasteiger charge is -2.08. The van der Waals surface area contributed by atoms with E-state index in [1.807, 2.05) is 12.1 Å². The van der Waals surface area contributed by atoms with E-state index in [0.29, 0.717) is 28.4 Å². The number of hydrogen-bond donors (Lipinski definition) is 2. The SMILES string of the molecule is Nc1ccccc1NC(=O)c1ccc2c(c1)OCO2. The number of ether oxygens (including phenoxy) is 2. The largest absolute Gasteiger partial charge is 0.454 e. The van der Waals surface area contributed by atoms with Crippen molar-refractivity contribution in [1.29, 1.82) is 0 Å². The van der Waals surface area contributed by atoms with Crippen LogP contribution in [0.15, 0.2) is 42.5 Å². The third-order valence-corrected chi connectivity index (χ3v) is 2.84. The predicted octanol–water partition coefficient (Wildman–Crippen LogP) is 2.25. The first-order valence-corrected chi connectivity index (χ1v) is 5.79. The molecular formula is C14H12N2O3. The van der Waals surface area contributed by atoms with E-state index in [0.717, 1.165) is 0 Å². The third-order valence-electron chi connectivity index (χ3n) is 2.84. The lowest BCUT2D eigenvalue weighted by atomic mass is 10.2. The first-order chi connectivity index (χ1) is 9.24. The van der Waals surface area contributed by atoms with Gasteiger partial charge in [0.2, 0.25) is 6.79 Å². The van der Waals surface area contributed by atoms with Crippen molar-refractivity contribution in [3.63, 3.8) is 0 Å². The van der Waals surface area contributed by atoms with Crippen LogP contribution in [0.1, 0.15) is 10.4 Å². The van der Waals surface area contributed by atoms with Crippen molar-refractivity contribution in [3.8, 4) is 11.5 Å². The predicted molar refractivity (Wildman–Crippen MR) is 71.4 cm³/mol. The summed E-state index contributed by atoms with van der Waals surface area (Å²) in [4.78, 5) is 12.1. The second-order valence-corrected chi connectivity index (χ2v) is 4.11. The number of anilines is 2. The molecule has 0 radical (unpaired) electrons. The molecule has 5 heteroatoms. The standard InChI is InChI=1S/C14H12N2O3/c15-10-3-1-2-4-11(10)16-14(17)9-5-6-12-13(7-9)19-8-18-12/h1-7H,8,15H2,(H,16,17). The molecule has 3 N–H and O–H groups in total. The quantitative estimate of drug-likeness (QED) is 0.808. The fourth-order valence-corrected chi connectivity index (χ4v) is 1.84. The van der Waals surface area contributed by atoms with E-state index in [-0.39, 0.29) is 12.7 Å². The Morgan fingerprint density at radius 1 is 1.11 bits per heavy atom. The maximum atomic E-state index is 12.1. The average molecular weight is 256 g/mol. The number of fused-ring (bicyclic) bond motifs is 1. The van der Waals surface area contributed by atoms with E-state index in [9.17, 15) is 4.79 Å². The van der Waals surface area contributed by atoms with Crippen LogP contribution >= 0.6 is 0 Å². The number of nitrogens with one attached hydrogen (secondary N) is 1. The van der Waals surface area contributed by atoms with Crippen molar-refractivity contribution < 1.29 is 14.3 Å². The molecule has 0 atom stereocenters. The number of amides is 1. The molecule has 1 amide bonds. The fraction of sp³-hybridized carbons (Fsp3) is 0.0714. The number of para-hydroxylation sites is 2. The van der Waals surface area contributed by atoms with Crippen LogP contribution in [0.4, 0.5) is 11.4 Å². The van der Waals surface area contributed by atoms with E-state index in [1.54, 1.807) is 30.3 Å². The Morgan fingerprint density at radius 3 is 2.74 bits per heavy atom. The van der Waals surface area contributed by atoms with Crippen LogP contribution in [0.5, 0.6) is 11.5 Å². The molecule has 1 heterocycles. The number of carbonyl (C=O) groups excluding carboxylic acids is 1. The molecule has 19 heavy (non-hydrogen) atoms. The summed E-state index contributed by atoms with van der Waals surface area (Å²) >= 11 is 0. The zero-order chi connectivity index (χ0) is 13.2. The van der Waals surface area contributed by atoms with E-state index in [1.165, 1.54) is 0 Å². The van der Waals surface area contributed by atoms with Crippen LogP contribution in [0.2, 0.25) is 0 Å². The summed E-state index contributed by atoms with van der Waals surface area (Å²) in [6, 6.07) is 12.1. The molecule has 0 fully saturated rings. The molecule has 2 aromatic rings. The summed E-state index contributed by atoms with van der Waals surface area (Å²) in [5.74, 6) is 0.987. The Hall–Kier alpha value is -2.69. The van der Waals surface area contributed by atoms with Crippen molar-refractivity contribution in [3.05, 3.63) is 48.0 Å². The van der Waals surface area contributed by atoms with Gasteiger partial charge in [0.25, 0.3) is 5.91 Å². The van der Waals surface area contributed by atoms with Crippen LogP contribution in [-0.4, -0.2) is 12.7 Å². The minimum Gasteiger partial charge on any atom is -0.454 e. The van der Waals surface area contributed by atoms with Crippen molar-refractivity contribution in [1.82, 2.24) is 0 Å². The van der Waals surface area contributed by atoms with Gasteiger partial charge in [0.15, 0.2) is 11.5 Å². The van der Waals surface area contributed by atoms with Crippen molar-refractivity contribution >= 4 is 17.3 Å². The molecule has 1 aliphatic rings. The molecule has 5 nitrogen and oxygen atoms in total. The Bertz CT molecular complexity index is 640. The molecule has 3 rings (SSSR count). The number of nitrogens with two attached hydrogens (primary N) is 1. The highest BCUT2D eigenvalue weighted by atomic mass is 16.7. The van der Waals surface area contributed by atoms with Gasteiger partial charge >= 0.3 is 0 Å². The van der Waals surface area contributed by atoms with Crippen LogP contribution in [0.25, 0.3) is 0 Å². The number of benzene rings is 2. The zero-order valence-corrected chi connectivity index (χ0v) is 10.1. The van der Waals surface area contributed by atoms with Gasteiger partial charge < -0.3 is 20.5 Å². The third kappa shape index (κ3) is 2.18. The van der Waals surface area contributed by atoms with Gasteiger partial charge in [0.05, 0.1) is 11.4 Å². The maximum Gasteiger partial charge on any atom is 0.255 e. The van der Waals surface area contributed by atoms with Gasteiger partial charge in [0.1, 0.15) is 0 Å². The van der Waals surface area contributed by atoms with Gasteiger partial charge in [0, 0.05) is 5.56 Å². The smallest absolute Gasteiger partial charge is 0.255 e. The fourth-order valence-electron chi connectivity index (χ4n) is 1.84. The molecule has 0 saturated carbocycles. The summed E-state index contributed by atoms with van der Waals surface area (Å²) in [5.41, 5.74) is 7.38. The Labute approximate surface area is 109 Å². The summed E-state index contributed by atoms with van der Waals surface area (Å²) in [5, 5.41) is 2.76. The monoisotopic (exact) mass is 256 g/mol. The lowest BCUT2D eigenvalue weighted by Crippen LogP contribution is -2.13. The van der Waals surface area contributed by atoms with Crippen LogP contribution < -0.4 is 20.5 Å². The van der Waals surface area contributed by atoms with Gasteiger partial charge in [-0.15, -0.1) is 0 Å². The van der Waals surface area contributed by atoms with Crippen molar-refractivity contribution in [2.75, 3.05) is 17.8 Å². The Morgan fingerprint density at radius 2 is 1.89 bits per heavy atom. The normalized spacial score (nSPS) is 12.2. The van der Waals surface area contributed by atoms with E-state index >= 15 is 0 Å². The minimum atomic E-state index is -0.240. The molecule has 1 aliphatic heterocycles. The van der Waals surface area contributed by atoms with Gasteiger partial charge in [-0.1, -0.05) is 12.1 Å². The topological polar surface area (TPSA) is 73.6 Å². The highest BCUT2D eigenvalue weighted by molar-refractivity contribution is 6.06. The first kappa shape index (κ1) is 11.4. The van der Waals surface area contributed by atoms with Gasteiger partial charge in [-0.25, -0.2) is 0 Å². The Balaban J connectivity index is 1.83. The Kier molecular flexibility index (Phi) is 2.72.